The van der Waals surface area contributed by atoms with Gasteiger partial charge in [0.05, 0.1) is 6.04 Å². The molecule has 1 N–H and O–H groups in total. The predicted octanol–water partition coefficient (Wildman–Crippen LogP) is 3.39. The lowest BCUT2D eigenvalue weighted by Gasteiger charge is -2.23. The zero-order valence-electron chi connectivity index (χ0n) is 15.9. The molecule has 0 saturated carbocycles. The number of pyridine rings is 1. The highest BCUT2D eigenvalue weighted by molar-refractivity contribution is 5.79. The maximum Gasteiger partial charge on any atom is 0.222 e. The van der Waals surface area contributed by atoms with Crippen LogP contribution in [0.4, 0.5) is 0 Å². The summed E-state index contributed by atoms with van der Waals surface area (Å²) < 4.78 is 0. The second kappa shape index (κ2) is 9.31. The van der Waals surface area contributed by atoms with Crippen molar-refractivity contribution in [1.82, 2.24) is 15.2 Å². The van der Waals surface area contributed by atoms with Gasteiger partial charge in [0, 0.05) is 38.3 Å². The molecule has 2 heterocycles. The van der Waals surface area contributed by atoms with Crippen LogP contribution < -0.4 is 5.32 Å². The van der Waals surface area contributed by atoms with Crippen LogP contribution in [0, 0.1) is 6.92 Å². The maximum absolute atomic E-state index is 12.7. The number of rotatable bonds is 6. The van der Waals surface area contributed by atoms with Gasteiger partial charge in [-0.3, -0.25) is 14.6 Å². The van der Waals surface area contributed by atoms with Crippen molar-refractivity contribution in [2.45, 2.75) is 45.1 Å². The first-order chi connectivity index (χ1) is 13.1. The van der Waals surface area contributed by atoms with Crippen molar-refractivity contribution in [1.29, 1.82) is 0 Å². The van der Waals surface area contributed by atoms with Gasteiger partial charge in [0.25, 0.3) is 0 Å². The lowest BCUT2D eigenvalue weighted by Crippen LogP contribution is -2.36. The topological polar surface area (TPSA) is 62.3 Å². The van der Waals surface area contributed by atoms with Gasteiger partial charge in [-0.1, -0.05) is 30.7 Å². The van der Waals surface area contributed by atoms with Crippen LogP contribution in [-0.4, -0.2) is 34.8 Å². The average Bonchev–Trinajstić information content (AvgIpc) is 2.90. The number of likely N-dealkylation sites (tertiary alicyclic amines) is 1. The van der Waals surface area contributed by atoms with Crippen LogP contribution in [0.2, 0.25) is 0 Å². The third-order valence-corrected chi connectivity index (χ3v) is 5.12. The molecule has 1 aromatic heterocycles. The second-order valence-electron chi connectivity index (χ2n) is 7.08. The standard InChI is InChI=1S/C22H27N3O2/c1-17-7-4-5-8-19(17)22(18-10-13-23-14-11-18)24-20(26)12-16-25-15-6-2-3-9-21(25)27/h4-5,7-8,10-11,13-14,22H,2-3,6,9,12,15-16H2,1H3,(H,24,26)/t22-/m1/s1. The van der Waals surface area contributed by atoms with Crippen molar-refractivity contribution >= 4 is 11.8 Å². The molecule has 3 rings (SSSR count). The van der Waals surface area contributed by atoms with Crippen molar-refractivity contribution in [3.63, 3.8) is 0 Å². The summed E-state index contributed by atoms with van der Waals surface area (Å²) in [6, 6.07) is 11.7. The Kier molecular flexibility index (Phi) is 6.58. The van der Waals surface area contributed by atoms with Gasteiger partial charge in [-0.15, -0.1) is 0 Å². The molecule has 1 aromatic carbocycles. The molecule has 0 unspecified atom stereocenters. The van der Waals surface area contributed by atoms with E-state index >= 15 is 0 Å². The van der Waals surface area contributed by atoms with Gasteiger partial charge in [-0.2, -0.15) is 0 Å². The minimum Gasteiger partial charge on any atom is -0.345 e. The molecule has 142 valence electrons. The smallest absolute Gasteiger partial charge is 0.222 e. The number of nitrogens with one attached hydrogen (secondary N) is 1. The van der Waals surface area contributed by atoms with E-state index in [1.807, 2.05) is 48.2 Å². The number of benzene rings is 1. The van der Waals surface area contributed by atoms with Crippen LogP contribution in [0.25, 0.3) is 0 Å². The van der Waals surface area contributed by atoms with E-state index in [1.54, 1.807) is 12.4 Å². The first kappa shape index (κ1) is 19.1. The lowest BCUT2D eigenvalue weighted by atomic mass is 9.95. The fourth-order valence-corrected chi connectivity index (χ4v) is 3.55. The monoisotopic (exact) mass is 365 g/mol. The minimum absolute atomic E-state index is 0.0443. The molecule has 1 aliphatic heterocycles. The highest BCUT2D eigenvalue weighted by Crippen LogP contribution is 2.24. The normalized spacial score (nSPS) is 15.9. The van der Waals surface area contributed by atoms with Gasteiger partial charge < -0.3 is 10.2 Å². The van der Waals surface area contributed by atoms with E-state index in [2.05, 4.69) is 10.3 Å². The van der Waals surface area contributed by atoms with Crippen LogP contribution >= 0.6 is 0 Å². The van der Waals surface area contributed by atoms with E-state index in [1.165, 1.54) is 0 Å². The van der Waals surface area contributed by atoms with Gasteiger partial charge in [0.15, 0.2) is 0 Å². The van der Waals surface area contributed by atoms with Crippen LogP contribution in [0.15, 0.2) is 48.8 Å². The minimum atomic E-state index is -0.221. The Morgan fingerprint density at radius 3 is 2.70 bits per heavy atom. The summed E-state index contributed by atoms with van der Waals surface area (Å²) >= 11 is 0. The molecular formula is C22H27N3O2. The third kappa shape index (κ3) is 5.16. The summed E-state index contributed by atoms with van der Waals surface area (Å²) in [6.45, 7) is 3.30. The lowest BCUT2D eigenvalue weighted by molar-refractivity contribution is -0.131. The van der Waals surface area contributed by atoms with Gasteiger partial charge in [0.2, 0.25) is 11.8 Å². The molecule has 0 spiro atoms. The number of hydrogen-bond donors (Lipinski definition) is 1. The summed E-state index contributed by atoms with van der Waals surface area (Å²) in [5, 5.41) is 3.16. The van der Waals surface area contributed by atoms with Gasteiger partial charge in [-0.25, -0.2) is 0 Å². The molecule has 0 bridgehead atoms. The summed E-state index contributed by atoms with van der Waals surface area (Å²) in [7, 11) is 0. The highest BCUT2D eigenvalue weighted by atomic mass is 16.2. The fraction of sp³-hybridized carbons (Fsp3) is 0.409. The molecule has 1 saturated heterocycles. The van der Waals surface area contributed by atoms with Gasteiger partial charge >= 0.3 is 0 Å². The Bertz CT molecular complexity index is 776. The number of aromatic nitrogens is 1. The molecule has 2 amide bonds. The third-order valence-electron chi connectivity index (χ3n) is 5.12. The van der Waals surface area contributed by atoms with Crippen LogP contribution in [-0.2, 0) is 9.59 Å². The molecule has 1 aliphatic rings. The SMILES string of the molecule is Cc1ccccc1[C@H](NC(=O)CCN1CCCCCC1=O)c1ccncc1. The van der Waals surface area contributed by atoms with Crippen molar-refractivity contribution in [3.05, 3.63) is 65.5 Å². The molecule has 27 heavy (non-hydrogen) atoms. The number of nitrogens with zero attached hydrogens (tertiary/aromatic N) is 2. The average molecular weight is 365 g/mol. The molecule has 0 radical (unpaired) electrons. The van der Waals surface area contributed by atoms with E-state index < -0.39 is 0 Å². The predicted molar refractivity (Wildman–Crippen MR) is 105 cm³/mol. The Hall–Kier alpha value is -2.69. The van der Waals surface area contributed by atoms with E-state index in [0.29, 0.717) is 19.4 Å². The molecular weight excluding hydrogens is 338 g/mol. The molecule has 1 atom stereocenters. The molecule has 5 nitrogen and oxygen atoms in total. The first-order valence-electron chi connectivity index (χ1n) is 9.68. The summed E-state index contributed by atoms with van der Waals surface area (Å²) in [5.74, 6) is 0.127. The quantitative estimate of drug-likeness (QED) is 0.853. The molecule has 0 aliphatic carbocycles. The summed E-state index contributed by atoms with van der Waals surface area (Å²) in [4.78, 5) is 30.7. The Balaban J connectivity index is 1.69. The zero-order chi connectivity index (χ0) is 19.1. The Morgan fingerprint density at radius 1 is 1.15 bits per heavy atom. The Labute approximate surface area is 160 Å². The fourth-order valence-electron chi connectivity index (χ4n) is 3.55. The Morgan fingerprint density at radius 2 is 1.93 bits per heavy atom. The molecule has 5 heteroatoms. The van der Waals surface area contributed by atoms with E-state index in [-0.39, 0.29) is 17.9 Å². The first-order valence-corrected chi connectivity index (χ1v) is 9.68. The number of carbonyl (C=O) groups excluding carboxylic acids is 2. The van der Waals surface area contributed by atoms with Gasteiger partial charge in [0.1, 0.15) is 0 Å². The number of aryl methyl sites for hydroxylation is 1. The van der Waals surface area contributed by atoms with Crippen LogP contribution in [0.1, 0.15) is 54.8 Å². The summed E-state index contributed by atoms with van der Waals surface area (Å²) in [5.41, 5.74) is 3.20. The number of carbonyl (C=O) groups is 2. The van der Waals surface area contributed by atoms with E-state index in [0.717, 1.165) is 42.5 Å². The molecule has 1 fully saturated rings. The van der Waals surface area contributed by atoms with Crippen molar-refractivity contribution in [2.24, 2.45) is 0 Å². The number of amides is 2. The largest absolute Gasteiger partial charge is 0.345 e. The summed E-state index contributed by atoms with van der Waals surface area (Å²) in [6.07, 6.45) is 7.47. The van der Waals surface area contributed by atoms with Crippen LogP contribution in [0.3, 0.4) is 0 Å². The maximum atomic E-state index is 12.7. The van der Waals surface area contributed by atoms with E-state index in [9.17, 15) is 9.59 Å². The number of hydrogen-bond acceptors (Lipinski definition) is 3. The molecule has 2 aromatic rings. The zero-order valence-corrected chi connectivity index (χ0v) is 15.9. The van der Waals surface area contributed by atoms with E-state index in [4.69, 9.17) is 0 Å². The van der Waals surface area contributed by atoms with Crippen molar-refractivity contribution in [3.8, 4) is 0 Å². The highest BCUT2D eigenvalue weighted by Gasteiger charge is 2.21. The second-order valence-corrected chi connectivity index (χ2v) is 7.08. The van der Waals surface area contributed by atoms with Crippen LogP contribution in [0.5, 0.6) is 0 Å². The van der Waals surface area contributed by atoms with Crippen molar-refractivity contribution < 1.29 is 9.59 Å². The van der Waals surface area contributed by atoms with Crippen molar-refractivity contribution in [2.75, 3.05) is 13.1 Å². The van der Waals surface area contributed by atoms with Gasteiger partial charge in [-0.05, 0) is 48.6 Å².